The SMILES string of the molecule is CCCn1c(SC(C)C(=O)Nc2ccc(C#N)c(Cl)c2)nc2ccccc2c1=O. The van der Waals surface area contributed by atoms with Crippen LogP contribution in [-0.2, 0) is 11.3 Å². The van der Waals surface area contributed by atoms with Crippen LogP contribution in [0.2, 0.25) is 5.02 Å². The zero-order chi connectivity index (χ0) is 21.0. The van der Waals surface area contributed by atoms with E-state index in [-0.39, 0.29) is 16.5 Å². The van der Waals surface area contributed by atoms with Gasteiger partial charge in [-0.25, -0.2) is 4.98 Å². The number of amides is 1. The van der Waals surface area contributed by atoms with Crippen molar-refractivity contribution in [3.05, 3.63) is 63.4 Å². The van der Waals surface area contributed by atoms with Gasteiger partial charge in [-0.3, -0.25) is 14.2 Å². The lowest BCUT2D eigenvalue weighted by molar-refractivity contribution is -0.115. The molecule has 8 heteroatoms. The number of thioether (sulfide) groups is 1. The zero-order valence-corrected chi connectivity index (χ0v) is 17.5. The number of benzene rings is 2. The lowest BCUT2D eigenvalue weighted by Crippen LogP contribution is -2.27. The molecule has 0 radical (unpaired) electrons. The highest BCUT2D eigenvalue weighted by molar-refractivity contribution is 8.00. The van der Waals surface area contributed by atoms with Crippen LogP contribution in [0, 0.1) is 11.3 Å². The number of carbonyl (C=O) groups is 1. The number of nitrogens with zero attached hydrogens (tertiary/aromatic N) is 3. The number of halogens is 1. The minimum absolute atomic E-state index is 0.105. The number of hydrogen-bond donors (Lipinski definition) is 1. The fraction of sp³-hybridized carbons (Fsp3) is 0.238. The Morgan fingerprint density at radius 1 is 1.34 bits per heavy atom. The topological polar surface area (TPSA) is 87.8 Å². The van der Waals surface area contributed by atoms with E-state index in [1.807, 2.05) is 25.1 Å². The summed E-state index contributed by atoms with van der Waals surface area (Å²) in [5.74, 6) is -0.249. The van der Waals surface area contributed by atoms with Gasteiger partial charge in [-0.05, 0) is 43.7 Å². The first kappa shape index (κ1) is 20.9. The Morgan fingerprint density at radius 2 is 2.10 bits per heavy atom. The smallest absolute Gasteiger partial charge is 0.262 e. The molecule has 2 aromatic carbocycles. The molecule has 0 bridgehead atoms. The third-order valence-electron chi connectivity index (χ3n) is 4.28. The van der Waals surface area contributed by atoms with Crippen molar-refractivity contribution >= 4 is 45.9 Å². The average Bonchev–Trinajstić information content (AvgIpc) is 2.71. The van der Waals surface area contributed by atoms with Gasteiger partial charge in [0.1, 0.15) is 6.07 Å². The third-order valence-corrected chi connectivity index (χ3v) is 5.69. The highest BCUT2D eigenvalue weighted by Gasteiger charge is 2.19. The molecular formula is C21H19ClN4O2S. The largest absolute Gasteiger partial charge is 0.325 e. The molecule has 0 aliphatic rings. The number of rotatable bonds is 6. The molecular weight excluding hydrogens is 408 g/mol. The van der Waals surface area contributed by atoms with Crippen LogP contribution in [-0.4, -0.2) is 20.7 Å². The number of anilines is 1. The van der Waals surface area contributed by atoms with E-state index in [1.54, 1.807) is 35.8 Å². The third kappa shape index (κ3) is 4.61. The molecule has 0 saturated carbocycles. The Labute approximate surface area is 177 Å². The van der Waals surface area contributed by atoms with Crippen LogP contribution in [0.5, 0.6) is 0 Å². The molecule has 1 unspecified atom stereocenters. The van der Waals surface area contributed by atoms with Crippen molar-refractivity contribution in [3.63, 3.8) is 0 Å². The molecule has 0 fully saturated rings. The van der Waals surface area contributed by atoms with Gasteiger partial charge in [-0.15, -0.1) is 0 Å². The lowest BCUT2D eigenvalue weighted by atomic mass is 10.2. The first-order valence-electron chi connectivity index (χ1n) is 9.11. The normalized spacial score (nSPS) is 11.8. The Morgan fingerprint density at radius 3 is 2.79 bits per heavy atom. The highest BCUT2D eigenvalue weighted by atomic mass is 35.5. The number of hydrogen-bond acceptors (Lipinski definition) is 5. The number of aromatic nitrogens is 2. The molecule has 1 amide bonds. The quantitative estimate of drug-likeness (QED) is 0.464. The van der Waals surface area contributed by atoms with Crippen molar-refractivity contribution in [2.24, 2.45) is 0 Å². The summed E-state index contributed by atoms with van der Waals surface area (Å²) in [6.07, 6.45) is 0.776. The van der Waals surface area contributed by atoms with Gasteiger partial charge in [0, 0.05) is 12.2 Å². The van der Waals surface area contributed by atoms with Gasteiger partial charge >= 0.3 is 0 Å². The van der Waals surface area contributed by atoms with E-state index < -0.39 is 5.25 Å². The molecule has 0 saturated heterocycles. The maximum absolute atomic E-state index is 12.8. The summed E-state index contributed by atoms with van der Waals surface area (Å²) >= 11 is 7.26. The molecule has 1 atom stereocenters. The van der Waals surface area contributed by atoms with Crippen molar-refractivity contribution in [1.29, 1.82) is 5.26 Å². The van der Waals surface area contributed by atoms with Gasteiger partial charge in [0.05, 0.1) is 26.7 Å². The molecule has 148 valence electrons. The Balaban J connectivity index is 1.85. The number of fused-ring (bicyclic) bond motifs is 1. The molecule has 0 aliphatic heterocycles. The van der Waals surface area contributed by atoms with E-state index in [4.69, 9.17) is 16.9 Å². The lowest BCUT2D eigenvalue weighted by Gasteiger charge is -2.16. The molecule has 3 rings (SSSR count). The molecule has 0 aliphatic carbocycles. The molecule has 1 aromatic heterocycles. The van der Waals surface area contributed by atoms with Crippen LogP contribution in [0.3, 0.4) is 0 Å². The van der Waals surface area contributed by atoms with Gasteiger partial charge in [0.2, 0.25) is 5.91 Å². The van der Waals surface area contributed by atoms with Gasteiger partial charge in [-0.1, -0.05) is 42.4 Å². The van der Waals surface area contributed by atoms with Crippen molar-refractivity contribution in [2.45, 2.75) is 37.2 Å². The number of carbonyl (C=O) groups excluding carboxylic acids is 1. The number of nitriles is 1. The first-order chi connectivity index (χ1) is 13.9. The van der Waals surface area contributed by atoms with Crippen LogP contribution < -0.4 is 10.9 Å². The maximum atomic E-state index is 12.8. The maximum Gasteiger partial charge on any atom is 0.262 e. The van der Waals surface area contributed by atoms with Gasteiger partial charge < -0.3 is 5.32 Å². The molecule has 1 N–H and O–H groups in total. The molecule has 29 heavy (non-hydrogen) atoms. The number of para-hydroxylation sites is 1. The number of nitrogens with one attached hydrogen (secondary N) is 1. The fourth-order valence-corrected chi connectivity index (χ4v) is 3.95. The van der Waals surface area contributed by atoms with Gasteiger partial charge in [0.25, 0.3) is 5.56 Å². The van der Waals surface area contributed by atoms with Crippen LogP contribution in [0.1, 0.15) is 25.8 Å². The molecule has 0 spiro atoms. The predicted octanol–water partition coefficient (Wildman–Crippen LogP) is 4.45. The second-order valence-electron chi connectivity index (χ2n) is 6.42. The first-order valence-corrected chi connectivity index (χ1v) is 10.4. The van der Waals surface area contributed by atoms with Crippen LogP contribution >= 0.6 is 23.4 Å². The van der Waals surface area contributed by atoms with E-state index in [0.717, 1.165) is 6.42 Å². The predicted molar refractivity (Wildman–Crippen MR) is 116 cm³/mol. The van der Waals surface area contributed by atoms with E-state index in [2.05, 4.69) is 10.3 Å². The monoisotopic (exact) mass is 426 g/mol. The van der Waals surface area contributed by atoms with Crippen molar-refractivity contribution in [1.82, 2.24) is 9.55 Å². The average molecular weight is 427 g/mol. The van der Waals surface area contributed by atoms with E-state index >= 15 is 0 Å². The van der Waals surface area contributed by atoms with E-state index in [9.17, 15) is 9.59 Å². The van der Waals surface area contributed by atoms with Crippen LogP contribution in [0.25, 0.3) is 10.9 Å². The molecule has 1 heterocycles. The molecule has 6 nitrogen and oxygen atoms in total. The fourth-order valence-electron chi connectivity index (χ4n) is 2.80. The summed E-state index contributed by atoms with van der Waals surface area (Å²) in [4.78, 5) is 30.1. The highest BCUT2D eigenvalue weighted by Crippen LogP contribution is 2.25. The minimum Gasteiger partial charge on any atom is -0.325 e. The van der Waals surface area contributed by atoms with Crippen LogP contribution in [0.4, 0.5) is 5.69 Å². The summed E-state index contributed by atoms with van der Waals surface area (Å²) in [5.41, 5.74) is 1.35. The summed E-state index contributed by atoms with van der Waals surface area (Å²) in [6, 6.07) is 13.9. The standard InChI is InChI=1S/C21H19ClN4O2S/c1-3-10-26-20(28)16-6-4-5-7-18(16)25-21(26)29-13(2)19(27)24-15-9-8-14(12-23)17(22)11-15/h4-9,11,13H,3,10H2,1-2H3,(H,24,27). The van der Waals surface area contributed by atoms with Crippen molar-refractivity contribution < 1.29 is 4.79 Å². The second kappa shape index (κ2) is 9.12. The van der Waals surface area contributed by atoms with Gasteiger partial charge in [-0.2, -0.15) is 5.26 Å². The Bertz CT molecular complexity index is 1170. The summed E-state index contributed by atoms with van der Waals surface area (Å²) in [5, 5.41) is 12.6. The summed E-state index contributed by atoms with van der Waals surface area (Å²) in [7, 11) is 0. The second-order valence-corrected chi connectivity index (χ2v) is 8.14. The summed E-state index contributed by atoms with van der Waals surface area (Å²) < 4.78 is 1.62. The zero-order valence-electron chi connectivity index (χ0n) is 16.0. The minimum atomic E-state index is -0.499. The Kier molecular flexibility index (Phi) is 6.57. The Hall–Kier alpha value is -2.82. The van der Waals surface area contributed by atoms with Crippen LogP contribution in [0.15, 0.2) is 52.4 Å². The van der Waals surface area contributed by atoms with E-state index in [1.165, 1.54) is 17.8 Å². The van der Waals surface area contributed by atoms with Crippen molar-refractivity contribution in [2.75, 3.05) is 5.32 Å². The van der Waals surface area contributed by atoms with E-state index in [0.29, 0.717) is 33.9 Å². The summed E-state index contributed by atoms with van der Waals surface area (Å²) in [6.45, 7) is 4.27. The molecule has 3 aromatic rings. The van der Waals surface area contributed by atoms with Gasteiger partial charge in [0.15, 0.2) is 5.16 Å². The van der Waals surface area contributed by atoms with Crippen molar-refractivity contribution in [3.8, 4) is 6.07 Å².